The molecule has 0 aromatic rings. The molecule has 3 N–H and O–H groups in total. The first-order valence-electron chi connectivity index (χ1n) is 6.36. The van der Waals surface area contributed by atoms with Gasteiger partial charge in [-0.2, -0.15) is 0 Å². The summed E-state index contributed by atoms with van der Waals surface area (Å²) in [7, 11) is 0. The lowest BCUT2D eigenvalue weighted by molar-refractivity contribution is 0.0835. The lowest BCUT2D eigenvalue weighted by Gasteiger charge is -2.29. The average molecular weight is 212 g/mol. The zero-order chi connectivity index (χ0) is 10.8. The minimum atomic E-state index is 0.454. The average Bonchev–Trinajstić information content (AvgIpc) is 2.86. The third-order valence-corrected chi connectivity index (χ3v) is 4.24. The van der Waals surface area contributed by atoms with Crippen molar-refractivity contribution in [2.45, 2.75) is 64.2 Å². The fourth-order valence-electron chi connectivity index (χ4n) is 3.07. The minimum absolute atomic E-state index is 0.454. The smallest absolute Gasteiger partial charge is 0.0624 e. The van der Waals surface area contributed by atoms with Gasteiger partial charge in [0.05, 0.1) is 12.2 Å². The van der Waals surface area contributed by atoms with Crippen molar-refractivity contribution >= 4 is 0 Å². The first kappa shape index (κ1) is 11.4. The van der Waals surface area contributed by atoms with Crippen molar-refractivity contribution in [1.29, 1.82) is 0 Å². The van der Waals surface area contributed by atoms with E-state index in [1.165, 1.54) is 32.1 Å². The number of nitrogens with one attached hydrogen (secondary N) is 1. The molecule has 0 amide bonds. The van der Waals surface area contributed by atoms with Crippen LogP contribution in [0.15, 0.2) is 0 Å². The molecule has 3 nitrogen and oxygen atoms in total. The Labute approximate surface area is 92.7 Å². The van der Waals surface area contributed by atoms with Gasteiger partial charge in [0.15, 0.2) is 0 Å². The summed E-state index contributed by atoms with van der Waals surface area (Å²) < 4.78 is 5.89. The Kier molecular flexibility index (Phi) is 3.65. The molecule has 0 spiro atoms. The molecule has 2 aliphatic rings. The van der Waals surface area contributed by atoms with Crippen LogP contribution in [0, 0.1) is 11.8 Å². The van der Waals surface area contributed by atoms with Crippen LogP contribution < -0.4 is 11.3 Å². The molecule has 88 valence electrons. The molecule has 2 heterocycles. The summed E-state index contributed by atoms with van der Waals surface area (Å²) in [6.45, 7) is 4.55. The third-order valence-electron chi connectivity index (χ3n) is 4.24. The van der Waals surface area contributed by atoms with E-state index in [-0.39, 0.29) is 0 Å². The summed E-state index contributed by atoms with van der Waals surface area (Å²) in [6.07, 6.45) is 7.17. The van der Waals surface area contributed by atoms with Crippen LogP contribution in [0.5, 0.6) is 0 Å². The van der Waals surface area contributed by atoms with Gasteiger partial charge in [-0.25, -0.2) is 0 Å². The molecule has 2 fully saturated rings. The largest absolute Gasteiger partial charge is 0.375 e. The maximum Gasteiger partial charge on any atom is 0.0624 e. The molecule has 3 heteroatoms. The second-order valence-electron chi connectivity index (χ2n) is 5.30. The molecule has 0 radical (unpaired) electrons. The second-order valence-corrected chi connectivity index (χ2v) is 5.30. The second kappa shape index (κ2) is 4.81. The fourth-order valence-corrected chi connectivity index (χ4v) is 3.07. The van der Waals surface area contributed by atoms with Crippen LogP contribution in [0.3, 0.4) is 0 Å². The van der Waals surface area contributed by atoms with Crippen LogP contribution in [-0.4, -0.2) is 18.2 Å². The monoisotopic (exact) mass is 212 g/mol. The van der Waals surface area contributed by atoms with E-state index >= 15 is 0 Å². The van der Waals surface area contributed by atoms with Crippen molar-refractivity contribution in [1.82, 2.24) is 5.43 Å². The molecule has 0 saturated carbocycles. The number of nitrogens with two attached hydrogens (primary N) is 1. The molecule has 0 aliphatic carbocycles. The van der Waals surface area contributed by atoms with Crippen molar-refractivity contribution in [2.75, 3.05) is 0 Å². The highest BCUT2D eigenvalue weighted by molar-refractivity contribution is 4.94. The van der Waals surface area contributed by atoms with Gasteiger partial charge >= 0.3 is 0 Å². The number of hydrogen-bond donors (Lipinski definition) is 2. The van der Waals surface area contributed by atoms with Crippen LogP contribution in [0.1, 0.15) is 46.0 Å². The van der Waals surface area contributed by atoms with Crippen molar-refractivity contribution in [3.63, 3.8) is 0 Å². The van der Waals surface area contributed by atoms with E-state index in [4.69, 9.17) is 10.6 Å². The Bertz CT molecular complexity index is 210. The van der Waals surface area contributed by atoms with Crippen molar-refractivity contribution in [2.24, 2.45) is 17.7 Å². The molecule has 2 aliphatic heterocycles. The summed E-state index contributed by atoms with van der Waals surface area (Å²) in [4.78, 5) is 0. The molecule has 5 unspecified atom stereocenters. The summed E-state index contributed by atoms with van der Waals surface area (Å²) in [6, 6.07) is 0.454. The predicted molar refractivity (Wildman–Crippen MR) is 61.2 cm³/mol. The number of ether oxygens (including phenoxy) is 1. The van der Waals surface area contributed by atoms with Crippen LogP contribution in [0.4, 0.5) is 0 Å². The molecule has 0 aromatic carbocycles. The fraction of sp³-hybridized carbons (Fsp3) is 1.00. The Morgan fingerprint density at radius 1 is 1.47 bits per heavy atom. The maximum absolute atomic E-state index is 5.89. The highest BCUT2D eigenvalue weighted by atomic mass is 16.5. The molecular weight excluding hydrogens is 188 g/mol. The van der Waals surface area contributed by atoms with Gasteiger partial charge in [0, 0.05) is 12.0 Å². The van der Waals surface area contributed by atoms with Gasteiger partial charge in [0.25, 0.3) is 0 Å². The first-order valence-corrected chi connectivity index (χ1v) is 6.36. The van der Waals surface area contributed by atoms with E-state index in [9.17, 15) is 0 Å². The van der Waals surface area contributed by atoms with E-state index in [1.807, 2.05) is 0 Å². The van der Waals surface area contributed by atoms with Gasteiger partial charge < -0.3 is 4.74 Å². The standard InChI is InChI=1S/C12H24N2O/c1-3-8(2)6-11(14-13)10-7-9-4-5-12(10)15-9/h8-12,14H,3-7,13H2,1-2H3. The van der Waals surface area contributed by atoms with Crippen molar-refractivity contribution in [3.05, 3.63) is 0 Å². The normalized spacial score (nSPS) is 38.2. The SMILES string of the molecule is CCC(C)CC(NN)C1CC2CCC1O2. The summed E-state index contributed by atoms with van der Waals surface area (Å²) in [5.74, 6) is 7.09. The van der Waals surface area contributed by atoms with Crippen LogP contribution >= 0.6 is 0 Å². The molecule has 5 atom stereocenters. The van der Waals surface area contributed by atoms with Gasteiger partial charge in [-0.15, -0.1) is 0 Å². The van der Waals surface area contributed by atoms with Gasteiger partial charge in [0.2, 0.25) is 0 Å². The Morgan fingerprint density at radius 3 is 2.73 bits per heavy atom. The van der Waals surface area contributed by atoms with Gasteiger partial charge in [-0.05, 0) is 31.6 Å². The number of hydrogen-bond acceptors (Lipinski definition) is 3. The highest BCUT2D eigenvalue weighted by Crippen LogP contribution is 2.41. The topological polar surface area (TPSA) is 47.3 Å². The van der Waals surface area contributed by atoms with E-state index in [1.54, 1.807) is 0 Å². The van der Waals surface area contributed by atoms with Gasteiger partial charge in [0.1, 0.15) is 0 Å². The lowest BCUT2D eigenvalue weighted by atomic mass is 9.80. The summed E-state index contributed by atoms with van der Waals surface area (Å²) in [5, 5.41) is 0. The Balaban J connectivity index is 1.89. The Morgan fingerprint density at radius 2 is 2.27 bits per heavy atom. The molecular formula is C12H24N2O. The minimum Gasteiger partial charge on any atom is -0.375 e. The third kappa shape index (κ3) is 2.35. The zero-order valence-electron chi connectivity index (χ0n) is 9.91. The molecule has 2 rings (SSSR count). The molecule has 2 saturated heterocycles. The van der Waals surface area contributed by atoms with Gasteiger partial charge in [-0.1, -0.05) is 20.3 Å². The summed E-state index contributed by atoms with van der Waals surface area (Å²) >= 11 is 0. The maximum atomic E-state index is 5.89. The first-order chi connectivity index (χ1) is 7.24. The summed E-state index contributed by atoms with van der Waals surface area (Å²) in [5.41, 5.74) is 3.01. The molecule has 0 aromatic heterocycles. The van der Waals surface area contributed by atoms with Gasteiger partial charge in [-0.3, -0.25) is 11.3 Å². The molecule has 2 bridgehead atoms. The number of hydrazine groups is 1. The van der Waals surface area contributed by atoms with Crippen LogP contribution in [0.25, 0.3) is 0 Å². The Hall–Kier alpha value is -0.120. The number of fused-ring (bicyclic) bond motifs is 2. The zero-order valence-corrected chi connectivity index (χ0v) is 9.91. The number of rotatable bonds is 5. The highest BCUT2D eigenvalue weighted by Gasteiger charge is 2.44. The lowest BCUT2D eigenvalue weighted by Crippen LogP contribution is -2.45. The van der Waals surface area contributed by atoms with E-state index < -0.39 is 0 Å². The van der Waals surface area contributed by atoms with E-state index in [0.717, 1.165) is 5.92 Å². The van der Waals surface area contributed by atoms with E-state index in [0.29, 0.717) is 24.2 Å². The van der Waals surface area contributed by atoms with Crippen molar-refractivity contribution in [3.8, 4) is 0 Å². The van der Waals surface area contributed by atoms with Crippen LogP contribution in [-0.2, 0) is 4.74 Å². The predicted octanol–water partition coefficient (Wildman–Crippen LogP) is 1.82. The quantitative estimate of drug-likeness (QED) is 0.540. The van der Waals surface area contributed by atoms with E-state index in [2.05, 4.69) is 19.3 Å². The van der Waals surface area contributed by atoms with Crippen LogP contribution in [0.2, 0.25) is 0 Å². The van der Waals surface area contributed by atoms with Crippen molar-refractivity contribution < 1.29 is 4.74 Å². The molecule has 15 heavy (non-hydrogen) atoms.